The molecule has 146 valence electrons. The van der Waals surface area contributed by atoms with Crippen LogP contribution in [0, 0.1) is 13.8 Å². The Labute approximate surface area is 170 Å². The van der Waals surface area contributed by atoms with Gasteiger partial charge in [0.25, 0.3) is 5.91 Å². The molecule has 2 aromatic carbocycles. The van der Waals surface area contributed by atoms with E-state index >= 15 is 0 Å². The van der Waals surface area contributed by atoms with Crippen LogP contribution >= 0.6 is 11.3 Å². The fourth-order valence-corrected chi connectivity index (χ4v) is 5.00. The SMILES string of the molecule is Cc1nc(-c2ccc(C)c3ccccc23)sc1C(=O)N1CCN(C(C)C)CC1. The molecular formula is C23H27N3OS. The van der Waals surface area contributed by atoms with Gasteiger partial charge in [-0.05, 0) is 44.0 Å². The van der Waals surface area contributed by atoms with Crippen molar-refractivity contribution in [2.45, 2.75) is 33.7 Å². The van der Waals surface area contributed by atoms with Crippen LogP contribution in [0.3, 0.4) is 0 Å². The number of carbonyl (C=O) groups is 1. The first-order valence-electron chi connectivity index (χ1n) is 9.95. The summed E-state index contributed by atoms with van der Waals surface area (Å²) in [5.74, 6) is 0.126. The first kappa shape index (κ1) is 19.1. The second kappa shape index (κ2) is 7.64. The maximum absolute atomic E-state index is 13.1. The first-order valence-corrected chi connectivity index (χ1v) is 10.8. The molecule has 1 aromatic heterocycles. The van der Waals surface area contributed by atoms with Gasteiger partial charge in [0.2, 0.25) is 0 Å². The number of thiazole rings is 1. The smallest absolute Gasteiger partial charge is 0.265 e. The van der Waals surface area contributed by atoms with Gasteiger partial charge in [0, 0.05) is 37.8 Å². The molecule has 4 rings (SSSR count). The van der Waals surface area contributed by atoms with E-state index in [1.54, 1.807) is 0 Å². The molecule has 1 saturated heterocycles. The molecule has 0 spiro atoms. The average Bonchev–Trinajstić information content (AvgIpc) is 3.09. The van der Waals surface area contributed by atoms with Gasteiger partial charge in [0.15, 0.2) is 0 Å². The third kappa shape index (κ3) is 3.45. The van der Waals surface area contributed by atoms with E-state index in [4.69, 9.17) is 4.98 Å². The van der Waals surface area contributed by atoms with Crippen molar-refractivity contribution >= 4 is 28.0 Å². The zero-order valence-electron chi connectivity index (χ0n) is 17.0. The molecule has 0 aliphatic carbocycles. The van der Waals surface area contributed by atoms with Crippen LogP contribution in [0.15, 0.2) is 36.4 Å². The minimum absolute atomic E-state index is 0.126. The number of nitrogens with zero attached hydrogens (tertiary/aromatic N) is 3. The largest absolute Gasteiger partial charge is 0.335 e. The van der Waals surface area contributed by atoms with Gasteiger partial charge in [0.05, 0.1) is 5.69 Å². The van der Waals surface area contributed by atoms with Crippen molar-refractivity contribution in [1.29, 1.82) is 0 Å². The molecule has 5 heteroatoms. The number of hydrogen-bond acceptors (Lipinski definition) is 4. The maximum atomic E-state index is 13.1. The summed E-state index contributed by atoms with van der Waals surface area (Å²) >= 11 is 1.53. The van der Waals surface area contributed by atoms with E-state index in [1.807, 2.05) is 11.8 Å². The van der Waals surface area contributed by atoms with Crippen molar-refractivity contribution in [2.24, 2.45) is 0 Å². The van der Waals surface area contributed by atoms with Crippen LogP contribution in [0.2, 0.25) is 0 Å². The number of hydrogen-bond donors (Lipinski definition) is 0. The number of carbonyl (C=O) groups excluding carboxylic acids is 1. The van der Waals surface area contributed by atoms with Crippen LogP contribution in [-0.2, 0) is 0 Å². The van der Waals surface area contributed by atoms with Crippen LogP contribution in [0.25, 0.3) is 21.3 Å². The van der Waals surface area contributed by atoms with Gasteiger partial charge < -0.3 is 4.90 Å². The van der Waals surface area contributed by atoms with Crippen LogP contribution in [0.4, 0.5) is 0 Å². The molecule has 0 N–H and O–H groups in total. The highest BCUT2D eigenvalue weighted by molar-refractivity contribution is 7.17. The maximum Gasteiger partial charge on any atom is 0.265 e. The lowest BCUT2D eigenvalue weighted by Gasteiger charge is -2.36. The number of aromatic nitrogens is 1. The minimum Gasteiger partial charge on any atom is -0.335 e. The molecule has 1 fully saturated rings. The molecule has 0 radical (unpaired) electrons. The van der Waals surface area contributed by atoms with Gasteiger partial charge in [-0.25, -0.2) is 4.98 Å². The Morgan fingerprint density at radius 2 is 1.68 bits per heavy atom. The van der Waals surface area contributed by atoms with Crippen LogP contribution in [0.1, 0.15) is 34.8 Å². The summed E-state index contributed by atoms with van der Waals surface area (Å²) in [4.78, 5) is 23.1. The molecule has 4 nitrogen and oxygen atoms in total. The monoisotopic (exact) mass is 393 g/mol. The van der Waals surface area contributed by atoms with E-state index in [2.05, 4.69) is 62.1 Å². The lowest BCUT2D eigenvalue weighted by atomic mass is 10.0. The normalized spacial score (nSPS) is 15.5. The number of benzene rings is 2. The summed E-state index contributed by atoms with van der Waals surface area (Å²) in [5.41, 5.74) is 3.20. The number of piperazine rings is 1. The van der Waals surface area contributed by atoms with Crippen LogP contribution < -0.4 is 0 Å². The Morgan fingerprint density at radius 1 is 1.00 bits per heavy atom. The van der Waals surface area contributed by atoms with Crippen molar-refractivity contribution in [2.75, 3.05) is 26.2 Å². The summed E-state index contributed by atoms with van der Waals surface area (Å²) in [6.45, 7) is 12.0. The van der Waals surface area contributed by atoms with Crippen molar-refractivity contribution in [3.05, 3.63) is 52.5 Å². The predicted octanol–water partition coefficient (Wildman–Crippen LogP) is 4.75. The Kier molecular flexibility index (Phi) is 5.21. The lowest BCUT2D eigenvalue weighted by Crippen LogP contribution is -2.50. The standard InChI is InChI=1S/C23H27N3OS/c1-15(2)25-11-13-26(14-12-25)23(27)21-17(4)24-22(28-21)20-10-9-16(3)18-7-5-6-8-19(18)20/h5-10,15H,11-14H2,1-4H3. The summed E-state index contributed by atoms with van der Waals surface area (Å²) in [6.07, 6.45) is 0. The fraction of sp³-hybridized carbons (Fsp3) is 0.391. The quantitative estimate of drug-likeness (QED) is 0.644. The van der Waals surface area contributed by atoms with Gasteiger partial charge in [0.1, 0.15) is 9.88 Å². The molecule has 3 aromatic rings. The second-order valence-electron chi connectivity index (χ2n) is 7.83. The first-order chi connectivity index (χ1) is 13.5. The average molecular weight is 394 g/mol. The Bertz CT molecular complexity index is 1020. The third-order valence-electron chi connectivity index (χ3n) is 5.70. The predicted molar refractivity (Wildman–Crippen MR) is 117 cm³/mol. The summed E-state index contributed by atoms with van der Waals surface area (Å²) in [6, 6.07) is 13.2. The van der Waals surface area contributed by atoms with E-state index in [0.29, 0.717) is 6.04 Å². The van der Waals surface area contributed by atoms with Crippen molar-refractivity contribution < 1.29 is 4.79 Å². The molecule has 28 heavy (non-hydrogen) atoms. The molecule has 0 bridgehead atoms. The number of rotatable bonds is 3. The molecule has 1 aliphatic heterocycles. The minimum atomic E-state index is 0.126. The number of fused-ring (bicyclic) bond motifs is 1. The van der Waals surface area contributed by atoms with Crippen LogP contribution in [-0.4, -0.2) is 52.9 Å². The Morgan fingerprint density at radius 3 is 2.36 bits per heavy atom. The van der Waals surface area contributed by atoms with Gasteiger partial charge in [-0.15, -0.1) is 11.3 Å². The molecule has 0 atom stereocenters. The molecule has 0 saturated carbocycles. The molecular weight excluding hydrogens is 366 g/mol. The van der Waals surface area contributed by atoms with E-state index in [9.17, 15) is 4.79 Å². The molecule has 1 amide bonds. The summed E-state index contributed by atoms with van der Waals surface area (Å²) in [5, 5.41) is 3.37. The van der Waals surface area contributed by atoms with E-state index in [0.717, 1.165) is 47.3 Å². The molecule has 2 heterocycles. The van der Waals surface area contributed by atoms with Gasteiger partial charge in [-0.1, -0.05) is 36.4 Å². The van der Waals surface area contributed by atoms with Crippen molar-refractivity contribution in [3.63, 3.8) is 0 Å². The fourth-order valence-electron chi connectivity index (χ4n) is 3.93. The zero-order chi connectivity index (χ0) is 19.8. The van der Waals surface area contributed by atoms with E-state index < -0.39 is 0 Å². The number of aryl methyl sites for hydroxylation is 2. The van der Waals surface area contributed by atoms with Crippen LogP contribution in [0.5, 0.6) is 0 Å². The summed E-state index contributed by atoms with van der Waals surface area (Å²) < 4.78 is 0. The highest BCUT2D eigenvalue weighted by Crippen LogP contribution is 2.35. The molecule has 1 aliphatic rings. The highest BCUT2D eigenvalue weighted by atomic mass is 32.1. The van der Waals surface area contributed by atoms with Gasteiger partial charge >= 0.3 is 0 Å². The van der Waals surface area contributed by atoms with E-state index in [-0.39, 0.29) is 5.91 Å². The zero-order valence-corrected chi connectivity index (χ0v) is 17.8. The lowest BCUT2D eigenvalue weighted by molar-refractivity contribution is 0.0599. The van der Waals surface area contributed by atoms with Gasteiger partial charge in [-0.2, -0.15) is 0 Å². The van der Waals surface area contributed by atoms with Crippen molar-refractivity contribution in [3.8, 4) is 10.6 Å². The third-order valence-corrected chi connectivity index (χ3v) is 6.87. The second-order valence-corrected chi connectivity index (χ2v) is 8.83. The topological polar surface area (TPSA) is 36.4 Å². The molecule has 0 unspecified atom stereocenters. The number of amides is 1. The van der Waals surface area contributed by atoms with Gasteiger partial charge in [-0.3, -0.25) is 9.69 Å². The van der Waals surface area contributed by atoms with E-state index in [1.165, 1.54) is 27.7 Å². The highest BCUT2D eigenvalue weighted by Gasteiger charge is 2.26. The Hall–Kier alpha value is -2.24. The Balaban J connectivity index is 1.63. The van der Waals surface area contributed by atoms with Crippen molar-refractivity contribution in [1.82, 2.24) is 14.8 Å². The summed E-state index contributed by atoms with van der Waals surface area (Å²) in [7, 11) is 0.